The van der Waals surface area contributed by atoms with Crippen molar-refractivity contribution in [2.45, 2.75) is 26.7 Å². The van der Waals surface area contributed by atoms with Crippen molar-refractivity contribution in [2.75, 3.05) is 24.5 Å². The van der Waals surface area contributed by atoms with E-state index in [2.05, 4.69) is 0 Å². The van der Waals surface area contributed by atoms with Crippen LogP contribution in [0.15, 0.2) is 24.3 Å². The molecule has 1 fully saturated rings. The van der Waals surface area contributed by atoms with Gasteiger partial charge in [0.2, 0.25) is 11.8 Å². The number of nitrogens with zero attached hydrogens (tertiary/aromatic N) is 2. The van der Waals surface area contributed by atoms with Gasteiger partial charge in [-0.25, -0.2) is 0 Å². The Morgan fingerprint density at radius 3 is 2.38 bits per heavy atom. The summed E-state index contributed by atoms with van der Waals surface area (Å²) in [5.41, 5.74) is 1.12. The Labute approximate surface area is 124 Å². The van der Waals surface area contributed by atoms with E-state index in [0.29, 0.717) is 11.3 Å². The molecule has 0 unspecified atom stereocenters. The van der Waals surface area contributed by atoms with Gasteiger partial charge in [-0.05, 0) is 31.9 Å². The zero-order valence-corrected chi connectivity index (χ0v) is 12.5. The second kappa shape index (κ2) is 6.52. The van der Waals surface area contributed by atoms with Crippen molar-refractivity contribution in [3.05, 3.63) is 29.8 Å². The summed E-state index contributed by atoms with van der Waals surface area (Å²) >= 11 is 0. The third-order valence-corrected chi connectivity index (χ3v) is 3.70. The number of hydrogen-bond acceptors (Lipinski definition) is 3. The molecular weight excluding hydrogens is 268 g/mol. The first-order valence-electron chi connectivity index (χ1n) is 7.16. The van der Waals surface area contributed by atoms with Crippen LogP contribution in [0.5, 0.6) is 0 Å². The summed E-state index contributed by atoms with van der Waals surface area (Å²) in [7, 11) is 0. The second-order valence-corrected chi connectivity index (χ2v) is 5.30. The Kier molecular flexibility index (Phi) is 4.73. The molecule has 0 N–H and O–H groups in total. The molecule has 0 aromatic heterocycles. The molecule has 1 saturated heterocycles. The van der Waals surface area contributed by atoms with Gasteiger partial charge in [0.1, 0.15) is 6.54 Å². The first-order valence-corrected chi connectivity index (χ1v) is 7.16. The highest BCUT2D eigenvalue weighted by Crippen LogP contribution is 2.18. The van der Waals surface area contributed by atoms with Crippen molar-refractivity contribution in [1.29, 1.82) is 0 Å². The molecule has 1 aliphatic heterocycles. The van der Waals surface area contributed by atoms with E-state index in [1.807, 2.05) is 0 Å². The van der Waals surface area contributed by atoms with Crippen LogP contribution >= 0.6 is 0 Å². The molecule has 0 spiro atoms. The van der Waals surface area contributed by atoms with Gasteiger partial charge in [-0.15, -0.1) is 0 Å². The monoisotopic (exact) mass is 288 g/mol. The predicted molar refractivity (Wildman–Crippen MR) is 80.3 cm³/mol. The fourth-order valence-corrected chi connectivity index (χ4v) is 2.48. The molecule has 21 heavy (non-hydrogen) atoms. The molecule has 1 aromatic rings. The van der Waals surface area contributed by atoms with Crippen LogP contribution in [0, 0.1) is 0 Å². The molecule has 0 aliphatic carbocycles. The molecule has 1 heterocycles. The number of benzene rings is 1. The molecule has 1 aromatic carbocycles. The molecular formula is C16H20N2O3. The fourth-order valence-electron chi connectivity index (χ4n) is 2.48. The minimum Gasteiger partial charge on any atom is -0.341 e. The topological polar surface area (TPSA) is 57.7 Å². The third kappa shape index (κ3) is 3.68. The molecule has 1 aliphatic rings. The SMILES string of the molecule is CC(=O)c1cccc(N(CC(=O)N2CCCC2)C(C)=O)c1. The van der Waals surface area contributed by atoms with Crippen molar-refractivity contribution >= 4 is 23.3 Å². The molecule has 2 amide bonds. The lowest BCUT2D eigenvalue weighted by molar-refractivity contribution is -0.130. The minimum absolute atomic E-state index is 0.0245. The number of rotatable bonds is 4. The van der Waals surface area contributed by atoms with Crippen molar-refractivity contribution in [1.82, 2.24) is 4.90 Å². The van der Waals surface area contributed by atoms with Crippen molar-refractivity contribution in [2.24, 2.45) is 0 Å². The van der Waals surface area contributed by atoms with E-state index in [4.69, 9.17) is 0 Å². The smallest absolute Gasteiger partial charge is 0.242 e. The Hall–Kier alpha value is -2.17. The van der Waals surface area contributed by atoms with Crippen LogP contribution in [0.3, 0.4) is 0 Å². The normalized spacial score (nSPS) is 14.1. The third-order valence-electron chi connectivity index (χ3n) is 3.70. The molecule has 0 atom stereocenters. The average molecular weight is 288 g/mol. The molecule has 0 saturated carbocycles. The van der Waals surface area contributed by atoms with Gasteiger partial charge in [-0.2, -0.15) is 0 Å². The van der Waals surface area contributed by atoms with Crippen LogP contribution in [0.1, 0.15) is 37.0 Å². The van der Waals surface area contributed by atoms with Crippen LogP contribution in [0.25, 0.3) is 0 Å². The highest BCUT2D eigenvalue weighted by Gasteiger charge is 2.22. The summed E-state index contributed by atoms with van der Waals surface area (Å²) in [4.78, 5) is 38.7. The number of hydrogen-bond donors (Lipinski definition) is 0. The number of likely N-dealkylation sites (tertiary alicyclic amines) is 1. The average Bonchev–Trinajstić information content (AvgIpc) is 2.98. The highest BCUT2D eigenvalue weighted by atomic mass is 16.2. The van der Waals surface area contributed by atoms with Crippen LogP contribution in [-0.4, -0.2) is 42.1 Å². The van der Waals surface area contributed by atoms with Crippen molar-refractivity contribution in [3.63, 3.8) is 0 Å². The number of anilines is 1. The number of carbonyl (C=O) groups excluding carboxylic acids is 3. The first kappa shape index (κ1) is 15.2. The van der Waals surface area contributed by atoms with Gasteiger partial charge in [0.15, 0.2) is 5.78 Å². The largest absolute Gasteiger partial charge is 0.341 e. The van der Waals surface area contributed by atoms with Crippen LogP contribution in [0.2, 0.25) is 0 Å². The quantitative estimate of drug-likeness (QED) is 0.795. The summed E-state index contributed by atoms with van der Waals surface area (Å²) in [6.07, 6.45) is 2.04. The van der Waals surface area contributed by atoms with Gasteiger partial charge in [0.25, 0.3) is 0 Å². The maximum absolute atomic E-state index is 12.2. The van der Waals surface area contributed by atoms with Gasteiger partial charge in [0, 0.05) is 31.3 Å². The lowest BCUT2D eigenvalue weighted by Gasteiger charge is -2.24. The minimum atomic E-state index is -0.205. The molecule has 2 rings (SSSR count). The van der Waals surface area contributed by atoms with E-state index in [0.717, 1.165) is 25.9 Å². The van der Waals surface area contributed by atoms with Gasteiger partial charge < -0.3 is 9.80 Å². The summed E-state index contributed by atoms with van der Waals surface area (Å²) in [5.74, 6) is -0.314. The van der Waals surface area contributed by atoms with Gasteiger partial charge in [-0.3, -0.25) is 14.4 Å². The maximum atomic E-state index is 12.2. The summed E-state index contributed by atoms with van der Waals surface area (Å²) in [5, 5.41) is 0. The highest BCUT2D eigenvalue weighted by molar-refractivity contribution is 6.00. The summed E-state index contributed by atoms with van der Waals surface area (Å²) < 4.78 is 0. The Bertz CT molecular complexity index is 562. The fraction of sp³-hybridized carbons (Fsp3) is 0.438. The number of amides is 2. The molecule has 5 heteroatoms. The van der Waals surface area contributed by atoms with Crippen LogP contribution in [-0.2, 0) is 9.59 Å². The lowest BCUT2D eigenvalue weighted by atomic mass is 10.1. The second-order valence-electron chi connectivity index (χ2n) is 5.30. The van der Waals surface area contributed by atoms with Crippen molar-refractivity contribution in [3.8, 4) is 0 Å². The lowest BCUT2D eigenvalue weighted by Crippen LogP contribution is -2.41. The summed E-state index contributed by atoms with van der Waals surface area (Å²) in [6.45, 7) is 4.46. The zero-order chi connectivity index (χ0) is 15.4. The van der Waals surface area contributed by atoms with Gasteiger partial charge >= 0.3 is 0 Å². The Balaban J connectivity index is 2.18. The standard InChI is InChI=1S/C16H20N2O3/c1-12(19)14-6-5-7-15(10-14)18(13(2)20)11-16(21)17-8-3-4-9-17/h5-7,10H,3-4,8-9,11H2,1-2H3. The van der Waals surface area contributed by atoms with Gasteiger partial charge in [-0.1, -0.05) is 12.1 Å². The van der Waals surface area contributed by atoms with Crippen LogP contribution < -0.4 is 4.90 Å². The Morgan fingerprint density at radius 1 is 1.14 bits per heavy atom. The molecule has 112 valence electrons. The maximum Gasteiger partial charge on any atom is 0.242 e. The number of Topliss-reactive ketones (excluding diaryl/α,β-unsaturated/α-hetero) is 1. The van der Waals surface area contributed by atoms with Gasteiger partial charge in [0.05, 0.1) is 0 Å². The number of carbonyl (C=O) groups is 3. The zero-order valence-electron chi connectivity index (χ0n) is 12.5. The van der Waals surface area contributed by atoms with E-state index in [1.165, 1.54) is 18.7 Å². The van der Waals surface area contributed by atoms with E-state index in [-0.39, 0.29) is 24.1 Å². The van der Waals surface area contributed by atoms with Crippen molar-refractivity contribution < 1.29 is 14.4 Å². The molecule has 5 nitrogen and oxygen atoms in total. The van der Waals surface area contributed by atoms with E-state index >= 15 is 0 Å². The first-order chi connectivity index (χ1) is 9.99. The van der Waals surface area contributed by atoms with E-state index in [1.54, 1.807) is 29.2 Å². The number of ketones is 1. The molecule has 0 bridgehead atoms. The summed E-state index contributed by atoms with van der Waals surface area (Å²) in [6, 6.07) is 6.82. The molecule has 0 radical (unpaired) electrons. The predicted octanol–water partition coefficient (Wildman–Crippen LogP) is 1.86. The van der Waals surface area contributed by atoms with E-state index < -0.39 is 0 Å². The Morgan fingerprint density at radius 2 is 1.81 bits per heavy atom. The van der Waals surface area contributed by atoms with E-state index in [9.17, 15) is 14.4 Å². The van der Waals surface area contributed by atoms with Crippen LogP contribution in [0.4, 0.5) is 5.69 Å².